The number of cyclic esters (lactones) is 2. The molecule has 1 aliphatic heterocycles. The lowest BCUT2D eigenvalue weighted by atomic mass is 10.2. The molecule has 1 rings (SSSR count). The highest BCUT2D eigenvalue weighted by atomic mass is 16.6. The van der Waals surface area contributed by atoms with E-state index in [-0.39, 0.29) is 12.2 Å². The van der Waals surface area contributed by atoms with Crippen LogP contribution in [0, 0.1) is 0 Å². The molecule has 0 aliphatic carbocycles. The van der Waals surface area contributed by atoms with Crippen LogP contribution < -0.4 is 0 Å². The number of carbonyl (C=O) groups is 2. The third-order valence-electron chi connectivity index (χ3n) is 1.41. The monoisotopic (exact) mass is 144 g/mol. The van der Waals surface area contributed by atoms with Crippen LogP contribution in [0.1, 0.15) is 13.8 Å². The summed E-state index contributed by atoms with van der Waals surface area (Å²) < 4.78 is 9.19. The molecule has 2 unspecified atom stereocenters. The van der Waals surface area contributed by atoms with Gasteiger partial charge in [-0.3, -0.25) is 0 Å². The molecule has 4 nitrogen and oxygen atoms in total. The molecule has 4 heteroatoms. The molecule has 0 aromatic rings. The molecule has 0 spiro atoms. The van der Waals surface area contributed by atoms with Gasteiger partial charge in [-0.25, -0.2) is 9.59 Å². The van der Waals surface area contributed by atoms with Gasteiger partial charge >= 0.3 is 11.9 Å². The molecule has 1 heterocycles. The molecule has 2 atom stereocenters. The van der Waals surface area contributed by atoms with Crippen molar-refractivity contribution in [2.75, 3.05) is 0 Å². The maximum absolute atomic E-state index is 10.5. The van der Waals surface area contributed by atoms with Gasteiger partial charge in [-0.15, -0.1) is 0 Å². The minimum absolute atomic E-state index is 0.329. The number of carbonyl (C=O) groups excluding carboxylic acids is 2. The zero-order chi connectivity index (χ0) is 7.72. The third kappa shape index (κ3) is 1.10. The molecule has 0 amide bonds. The molecule has 10 heavy (non-hydrogen) atoms. The van der Waals surface area contributed by atoms with E-state index in [2.05, 4.69) is 9.47 Å². The molecule has 1 fully saturated rings. The predicted molar refractivity (Wildman–Crippen MR) is 31.1 cm³/mol. The highest BCUT2D eigenvalue weighted by molar-refractivity contribution is 6.30. The second-order valence-corrected chi connectivity index (χ2v) is 2.22. The smallest absolute Gasteiger partial charge is 0.417 e. The van der Waals surface area contributed by atoms with Gasteiger partial charge in [-0.2, -0.15) is 0 Å². The van der Waals surface area contributed by atoms with Gasteiger partial charge in [0.05, 0.1) is 0 Å². The zero-order valence-corrected chi connectivity index (χ0v) is 5.79. The molecule has 0 aromatic heterocycles. The summed E-state index contributed by atoms with van der Waals surface area (Å²) in [6.45, 7) is 3.35. The quantitative estimate of drug-likeness (QED) is 0.351. The van der Waals surface area contributed by atoms with Crippen LogP contribution in [0.3, 0.4) is 0 Å². The Morgan fingerprint density at radius 1 is 1.00 bits per heavy atom. The van der Waals surface area contributed by atoms with E-state index < -0.39 is 11.9 Å². The summed E-state index contributed by atoms with van der Waals surface area (Å²) in [5, 5.41) is 0. The van der Waals surface area contributed by atoms with Crippen molar-refractivity contribution < 1.29 is 19.1 Å². The SMILES string of the molecule is CC1OC(=O)C(=O)OC1C. The minimum Gasteiger partial charge on any atom is -0.450 e. The van der Waals surface area contributed by atoms with Crippen LogP contribution in [-0.2, 0) is 19.1 Å². The molecule has 0 bridgehead atoms. The molecule has 0 radical (unpaired) electrons. The Kier molecular flexibility index (Phi) is 1.61. The number of esters is 2. The largest absolute Gasteiger partial charge is 0.450 e. The summed E-state index contributed by atoms with van der Waals surface area (Å²) in [7, 11) is 0. The van der Waals surface area contributed by atoms with Crippen molar-refractivity contribution in [3.63, 3.8) is 0 Å². The first-order valence-corrected chi connectivity index (χ1v) is 3.03. The fourth-order valence-corrected chi connectivity index (χ4v) is 0.626. The highest BCUT2D eigenvalue weighted by Crippen LogP contribution is 2.09. The maximum atomic E-state index is 10.5. The predicted octanol–water partition coefficient (Wildman–Crippen LogP) is -0.137. The van der Waals surface area contributed by atoms with Crippen LogP contribution in [0.25, 0.3) is 0 Å². The van der Waals surface area contributed by atoms with E-state index >= 15 is 0 Å². The lowest BCUT2D eigenvalue weighted by molar-refractivity contribution is -0.191. The molecular formula is C6H8O4. The Bertz CT molecular complexity index is 155. The van der Waals surface area contributed by atoms with E-state index in [0.717, 1.165) is 0 Å². The van der Waals surface area contributed by atoms with Gasteiger partial charge in [0.25, 0.3) is 0 Å². The van der Waals surface area contributed by atoms with Crippen LogP contribution in [0.5, 0.6) is 0 Å². The van der Waals surface area contributed by atoms with E-state index in [0.29, 0.717) is 0 Å². The number of ether oxygens (including phenoxy) is 2. The van der Waals surface area contributed by atoms with Gasteiger partial charge in [-0.1, -0.05) is 0 Å². The molecule has 1 aliphatic rings. The average Bonchev–Trinajstić information content (AvgIpc) is 1.84. The second kappa shape index (κ2) is 2.28. The summed E-state index contributed by atoms with van der Waals surface area (Å²) in [6, 6.07) is 0. The Hall–Kier alpha value is -1.06. The van der Waals surface area contributed by atoms with E-state index in [1.807, 2.05) is 0 Å². The summed E-state index contributed by atoms with van der Waals surface area (Å²) >= 11 is 0. The highest BCUT2D eigenvalue weighted by Gasteiger charge is 2.32. The fourth-order valence-electron chi connectivity index (χ4n) is 0.626. The van der Waals surface area contributed by atoms with Gasteiger partial charge in [0, 0.05) is 0 Å². The topological polar surface area (TPSA) is 52.6 Å². The lowest BCUT2D eigenvalue weighted by Crippen LogP contribution is -2.41. The Morgan fingerprint density at radius 2 is 1.30 bits per heavy atom. The minimum atomic E-state index is -0.898. The lowest BCUT2D eigenvalue weighted by Gasteiger charge is -2.24. The van der Waals surface area contributed by atoms with Crippen LogP contribution in [-0.4, -0.2) is 24.1 Å². The van der Waals surface area contributed by atoms with Gasteiger partial charge in [0.2, 0.25) is 0 Å². The van der Waals surface area contributed by atoms with Crippen molar-refractivity contribution in [1.29, 1.82) is 0 Å². The first-order chi connectivity index (χ1) is 4.61. The van der Waals surface area contributed by atoms with Gasteiger partial charge in [-0.05, 0) is 13.8 Å². The first kappa shape index (κ1) is 7.05. The van der Waals surface area contributed by atoms with E-state index in [9.17, 15) is 9.59 Å². The number of rotatable bonds is 0. The molecule has 0 saturated carbocycles. The Morgan fingerprint density at radius 3 is 1.60 bits per heavy atom. The van der Waals surface area contributed by atoms with Crippen molar-refractivity contribution in [2.45, 2.75) is 26.1 Å². The first-order valence-electron chi connectivity index (χ1n) is 3.03. The van der Waals surface area contributed by atoms with Crippen molar-refractivity contribution in [3.8, 4) is 0 Å². The number of hydrogen-bond acceptors (Lipinski definition) is 4. The maximum Gasteiger partial charge on any atom is 0.417 e. The van der Waals surface area contributed by atoms with Gasteiger partial charge in [0.15, 0.2) is 0 Å². The van der Waals surface area contributed by atoms with Crippen LogP contribution in [0.15, 0.2) is 0 Å². The Labute approximate surface area is 58.1 Å². The average molecular weight is 144 g/mol. The Balaban J connectivity index is 2.63. The summed E-state index contributed by atoms with van der Waals surface area (Å²) in [5.41, 5.74) is 0. The van der Waals surface area contributed by atoms with Gasteiger partial charge in [0.1, 0.15) is 12.2 Å². The molecular weight excluding hydrogens is 136 g/mol. The van der Waals surface area contributed by atoms with Gasteiger partial charge < -0.3 is 9.47 Å². The third-order valence-corrected chi connectivity index (χ3v) is 1.41. The normalized spacial score (nSPS) is 33.0. The van der Waals surface area contributed by atoms with Crippen molar-refractivity contribution in [3.05, 3.63) is 0 Å². The second-order valence-electron chi connectivity index (χ2n) is 2.22. The van der Waals surface area contributed by atoms with Crippen LogP contribution in [0.2, 0.25) is 0 Å². The molecule has 0 aromatic carbocycles. The zero-order valence-electron chi connectivity index (χ0n) is 5.79. The molecule has 1 saturated heterocycles. The van der Waals surface area contributed by atoms with Crippen LogP contribution >= 0.6 is 0 Å². The van der Waals surface area contributed by atoms with E-state index in [1.54, 1.807) is 13.8 Å². The molecule has 56 valence electrons. The summed E-state index contributed by atoms with van der Waals surface area (Å²) in [5.74, 6) is -1.80. The van der Waals surface area contributed by atoms with Crippen molar-refractivity contribution in [2.24, 2.45) is 0 Å². The summed E-state index contributed by atoms with van der Waals surface area (Å²) in [6.07, 6.45) is -0.657. The molecule has 0 N–H and O–H groups in total. The van der Waals surface area contributed by atoms with Crippen molar-refractivity contribution >= 4 is 11.9 Å². The van der Waals surface area contributed by atoms with E-state index in [1.165, 1.54) is 0 Å². The standard InChI is InChI=1S/C6H8O4/c1-3-4(2)10-6(8)5(7)9-3/h3-4H,1-2H3. The van der Waals surface area contributed by atoms with Crippen molar-refractivity contribution in [1.82, 2.24) is 0 Å². The van der Waals surface area contributed by atoms with E-state index in [4.69, 9.17) is 0 Å². The number of hydrogen-bond donors (Lipinski definition) is 0. The fraction of sp³-hybridized carbons (Fsp3) is 0.667. The van der Waals surface area contributed by atoms with Crippen LogP contribution in [0.4, 0.5) is 0 Å². The summed E-state index contributed by atoms with van der Waals surface area (Å²) in [4.78, 5) is 20.9.